The Morgan fingerprint density at radius 3 is 2.43 bits per heavy atom. The number of alkyl halides is 3. The summed E-state index contributed by atoms with van der Waals surface area (Å²) in [6.45, 7) is 0.665. The molecule has 0 unspecified atom stereocenters. The number of nitrogens with one attached hydrogen (secondary N) is 2. The van der Waals surface area contributed by atoms with E-state index in [9.17, 15) is 22.8 Å². The molecule has 30 heavy (non-hydrogen) atoms. The first-order valence-electron chi connectivity index (χ1n) is 9.02. The Morgan fingerprint density at radius 2 is 1.77 bits per heavy atom. The van der Waals surface area contributed by atoms with Gasteiger partial charge >= 0.3 is 12.1 Å². The van der Waals surface area contributed by atoms with Gasteiger partial charge in [0.05, 0.1) is 6.61 Å². The smallest absolute Gasteiger partial charge is 0.436 e. The number of carbonyl (C=O) groups is 2. The Morgan fingerprint density at radius 1 is 1.07 bits per heavy atom. The summed E-state index contributed by atoms with van der Waals surface area (Å²) in [5.41, 5.74) is -3.11. The van der Waals surface area contributed by atoms with Crippen molar-refractivity contribution >= 4 is 11.9 Å². The second kappa shape index (κ2) is 8.62. The molecule has 0 bridgehead atoms. The van der Waals surface area contributed by atoms with Crippen molar-refractivity contribution in [2.24, 2.45) is 0 Å². The predicted octanol–water partition coefficient (Wildman–Crippen LogP) is 2.76. The van der Waals surface area contributed by atoms with Gasteiger partial charge in [-0.1, -0.05) is 24.3 Å². The fourth-order valence-electron chi connectivity index (χ4n) is 2.81. The molecule has 10 heteroatoms. The zero-order valence-corrected chi connectivity index (χ0v) is 15.9. The lowest BCUT2D eigenvalue weighted by Crippen LogP contribution is -2.72. The summed E-state index contributed by atoms with van der Waals surface area (Å²) in [7, 11) is 0. The predicted molar refractivity (Wildman–Crippen MR) is 98.7 cm³/mol. The number of rotatable bonds is 7. The lowest BCUT2D eigenvalue weighted by Gasteiger charge is -2.34. The second-order valence-corrected chi connectivity index (χ2v) is 6.33. The Hall–Kier alpha value is -3.27. The molecule has 3 rings (SSSR count). The highest BCUT2D eigenvalue weighted by molar-refractivity contribution is 5.98. The van der Waals surface area contributed by atoms with E-state index in [0.717, 1.165) is 0 Å². The average molecular weight is 424 g/mol. The normalized spacial score (nSPS) is 14.7. The molecule has 1 amide bonds. The van der Waals surface area contributed by atoms with E-state index in [4.69, 9.17) is 9.47 Å². The summed E-state index contributed by atoms with van der Waals surface area (Å²) in [5.74, 6) is -1.92. The number of carbonyl (C=O) groups excluding carboxylic acids is 2. The largest absolute Gasteiger partial charge is 0.463 e. The van der Waals surface area contributed by atoms with Gasteiger partial charge in [0.15, 0.2) is 11.5 Å². The van der Waals surface area contributed by atoms with E-state index in [2.05, 4.69) is 10.1 Å². The highest BCUT2D eigenvalue weighted by Crippen LogP contribution is 2.34. The van der Waals surface area contributed by atoms with Crippen LogP contribution in [0.4, 0.5) is 13.2 Å². The maximum atomic E-state index is 14.1. The molecule has 7 nitrogen and oxygen atoms in total. The van der Waals surface area contributed by atoms with Crippen LogP contribution in [0.25, 0.3) is 0 Å². The first-order chi connectivity index (χ1) is 14.3. The van der Waals surface area contributed by atoms with Crippen LogP contribution in [-0.4, -0.2) is 37.1 Å². The van der Waals surface area contributed by atoms with Gasteiger partial charge in [0.2, 0.25) is 6.79 Å². The fourth-order valence-corrected chi connectivity index (χ4v) is 2.81. The van der Waals surface area contributed by atoms with E-state index in [1.165, 1.54) is 43.3 Å². The van der Waals surface area contributed by atoms with Crippen LogP contribution in [-0.2, 0) is 16.1 Å². The van der Waals surface area contributed by atoms with Crippen molar-refractivity contribution < 1.29 is 37.0 Å². The van der Waals surface area contributed by atoms with Gasteiger partial charge in [-0.25, -0.2) is 4.79 Å². The molecule has 1 heterocycles. The number of esters is 1. The van der Waals surface area contributed by atoms with Crippen LogP contribution in [0.1, 0.15) is 22.8 Å². The van der Waals surface area contributed by atoms with Gasteiger partial charge in [-0.3, -0.25) is 10.1 Å². The third kappa shape index (κ3) is 4.33. The molecule has 160 valence electrons. The van der Waals surface area contributed by atoms with Crippen LogP contribution in [0.3, 0.4) is 0 Å². The molecule has 2 aromatic rings. The van der Waals surface area contributed by atoms with Crippen LogP contribution in [0.15, 0.2) is 48.5 Å². The van der Waals surface area contributed by atoms with E-state index < -0.39 is 30.3 Å². The Balaban J connectivity index is 1.91. The highest BCUT2D eigenvalue weighted by atomic mass is 19.4. The Labute approximate surface area is 170 Å². The molecule has 0 radical (unpaired) electrons. The first kappa shape index (κ1) is 21.4. The average Bonchev–Trinajstić information content (AvgIpc) is 3.18. The van der Waals surface area contributed by atoms with Gasteiger partial charge in [-0.05, 0) is 36.8 Å². The number of amides is 1. The molecule has 2 aromatic carbocycles. The van der Waals surface area contributed by atoms with E-state index in [1.807, 2.05) is 0 Å². The fraction of sp³-hybridized carbons (Fsp3) is 0.300. The van der Waals surface area contributed by atoms with Gasteiger partial charge in [-0.2, -0.15) is 13.2 Å². The summed E-state index contributed by atoms with van der Waals surface area (Å²) < 4.78 is 57.4. The van der Waals surface area contributed by atoms with E-state index in [1.54, 1.807) is 17.4 Å². The van der Waals surface area contributed by atoms with Crippen LogP contribution in [0, 0.1) is 0 Å². The molecule has 1 aliphatic heterocycles. The van der Waals surface area contributed by atoms with Crippen molar-refractivity contribution in [2.75, 3.05) is 13.4 Å². The molecule has 1 atom stereocenters. The van der Waals surface area contributed by atoms with Crippen molar-refractivity contribution in [2.45, 2.75) is 25.3 Å². The van der Waals surface area contributed by atoms with Gasteiger partial charge in [0.25, 0.3) is 11.6 Å². The maximum Gasteiger partial charge on any atom is 0.436 e. The highest BCUT2D eigenvalue weighted by Gasteiger charge is 2.63. The van der Waals surface area contributed by atoms with E-state index in [-0.39, 0.29) is 19.0 Å². The molecule has 0 spiro atoms. The minimum atomic E-state index is -5.19. The zero-order chi connectivity index (χ0) is 21.8. The standard InChI is InChI=1S/C20H19F3N2O5/c1-2-28-18(27)19(20(21,22)23,25-17(26)14-6-4-3-5-7-14)24-11-13-8-9-15-16(10-13)30-12-29-15/h3-10,24H,2,11-12H2,1H3,(H,25,26)/t19-/m0/s1. The minimum absolute atomic E-state index is 0.00859. The lowest BCUT2D eigenvalue weighted by molar-refractivity contribution is -0.219. The third-order valence-corrected chi connectivity index (χ3v) is 4.34. The Bertz CT molecular complexity index is 920. The number of ether oxygens (including phenoxy) is 3. The summed E-state index contributed by atoms with van der Waals surface area (Å²) >= 11 is 0. The van der Waals surface area contributed by atoms with Crippen molar-refractivity contribution in [1.82, 2.24) is 10.6 Å². The molecule has 0 aromatic heterocycles. The van der Waals surface area contributed by atoms with Crippen molar-refractivity contribution in [1.29, 1.82) is 0 Å². The SMILES string of the molecule is CCOC(=O)[C@](NCc1ccc2c(c1)OCO2)(NC(=O)c1ccccc1)C(F)(F)F. The van der Waals surface area contributed by atoms with Gasteiger partial charge in [-0.15, -0.1) is 0 Å². The van der Waals surface area contributed by atoms with Crippen molar-refractivity contribution in [3.05, 3.63) is 59.7 Å². The van der Waals surface area contributed by atoms with Gasteiger partial charge in [0, 0.05) is 12.1 Å². The van der Waals surface area contributed by atoms with Crippen LogP contribution in [0.5, 0.6) is 11.5 Å². The van der Waals surface area contributed by atoms with Gasteiger partial charge < -0.3 is 19.5 Å². The molecule has 1 aliphatic rings. The van der Waals surface area contributed by atoms with Crippen LogP contribution >= 0.6 is 0 Å². The van der Waals surface area contributed by atoms with Crippen LogP contribution in [0.2, 0.25) is 0 Å². The lowest BCUT2D eigenvalue weighted by atomic mass is 10.1. The molecular weight excluding hydrogens is 405 g/mol. The first-order valence-corrected chi connectivity index (χ1v) is 9.02. The summed E-state index contributed by atoms with van der Waals surface area (Å²) in [6, 6.07) is 11.8. The number of hydrogen-bond donors (Lipinski definition) is 2. The Kier molecular flexibility index (Phi) is 6.16. The second-order valence-electron chi connectivity index (χ2n) is 6.33. The molecule has 0 fully saturated rings. The van der Waals surface area contributed by atoms with Gasteiger partial charge in [0.1, 0.15) is 0 Å². The van der Waals surface area contributed by atoms with Crippen molar-refractivity contribution in [3.8, 4) is 11.5 Å². The molecule has 0 saturated carbocycles. The van der Waals surface area contributed by atoms with Crippen LogP contribution < -0.4 is 20.1 Å². The molecule has 0 saturated heterocycles. The minimum Gasteiger partial charge on any atom is -0.463 e. The summed E-state index contributed by atoms with van der Waals surface area (Å²) in [6.07, 6.45) is -5.19. The molecule has 0 aliphatic carbocycles. The number of hydrogen-bond acceptors (Lipinski definition) is 6. The third-order valence-electron chi connectivity index (χ3n) is 4.34. The van der Waals surface area contributed by atoms with E-state index in [0.29, 0.717) is 17.1 Å². The zero-order valence-electron chi connectivity index (χ0n) is 15.9. The molecular formula is C20H19F3N2O5. The summed E-state index contributed by atoms with van der Waals surface area (Å²) in [4.78, 5) is 24.9. The number of halogens is 3. The number of benzene rings is 2. The van der Waals surface area contributed by atoms with Crippen molar-refractivity contribution in [3.63, 3.8) is 0 Å². The topological polar surface area (TPSA) is 85.9 Å². The monoisotopic (exact) mass is 424 g/mol. The number of fused-ring (bicyclic) bond motifs is 1. The van der Waals surface area contributed by atoms with E-state index >= 15 is 0 Å². The maximum absolute atomic E-state index is 14.1. The quantitative estimate of drug-likeness (QED) is 0.525. The molecule has 2 N–H and O–H groups in total. The summed E-state index contributed by atoms with van der Waals surface area (Å²) in [5, 5.41) is 3.93.